The molecule has 100 valence electrons. The first kappa shape index (κ1) is 15.3. The monoisotopic (exact) mass is 288 g/mol. The molecule has 0 aliphatic heterocycles. The SMILES string of the molecule is CC(CNC(=O)C(C)(C)N)c1c(Cl)cccc1Cl. The minimum atomic E-state index is -0.885. The number of carbonyl (C=O) groups excluding carboxylic acids is 1. The van der Waals surface area contributed by atoms with Gasteiger partial charge < -0.3 is 11.1 Å². The minimum absolute atomic E-state index is 0.0255. The van der Waals surface area contributed by atoms with Gasteiger partial charge in [-0.1, -0.05) is 36.2 Å². The van der Waals surface area contributed by atoms with Crippen LogP contribution in [0.25, 0.3) is 0 Å². The van der Waals surface area contributed by atoms with Crippen molar-refractivity contribution in [3.05, 3.63) is 33.8 Å². The highest BCUT2D eigenvalue weighted by molar-refractivity contribution is 6.36. The van der Waals surface area contributed by atoms with Crippen LogP contribution in [0.5, 0.6) is 0 Å². The first-order valence-electron chi connectivity index (χ1n) is 5.74. The molecule has 0 bridgehead atoms. The summed E-state index contributed by atoms with van der Waals surface area (Å²) in [7, 11) is 0. The van der Waals surface area contributed by atoms with Gasteiger partial charge in [0.25, 0.3) is 0 Å². The number of rotatable bonds is 4. The van der Waals surface area contributed by atoms with Crippen molar-refractivity contribution < 1.29 is 4.79 Å². The van der Waals surface area contributed by atoms with Gasteiger partial charge in [-0.2, -0.15) is 0 Å². The van der Waals surface area contributed by atoms with E-state index < -0.39 is 5.54 Å². The second kappa shape index (κ2) is 5.91. The quantitative estimate of drug-likeness (QED) is 0.895. The number of halogens is 2. The highest BCUT2D eigenvalue weighted by atomic mass is 35.5. The molecule has 1 atom stereocenters. The van der Waals surface area contributed by atoms with Crippen LogP contribution in [0.2, 0.25) is 10.0 Å². The zero-order chi connectivity index (χ0) is 13.9. The molecule has 0 saturated heterocycles. The molecule has 0 radical (unpaired) electrons. The van der Waals surface area contributed by atoms with Crippen LogP contribution in [0.1, 0.15) is 32.3 Å². The molecule has 1 amide bonds. The van der Waals surface area contributed by atoms with Crippen LogP contribution in [0, 0.1) is 0 Å². The lowest BCUT2D eigenvalue weighted by molar-refractivity contribution is -0.125. The van der Waals surface area contributed by atoms with E-state index in [2.05, 4.69) is 5.32 Å². The second-order valence-electron chi connectivity index (χ2n) is 4.97. The molecule has 3 N–H and O–H groups in total. The number of hydrogen-bond acceptors (Lipinski definition) is 2. The first-order chi connectivity index (χ1) is 8.23. The molecule has 0 aliphatic carbocycles. The average Bonchev–Trinajstić information content (AvgIpc) is 2.24. The number of nitrogens with one attached hydrogen (secondary N) is 1. The molecule has 5 heteroatoms. The third-order valence-corrected chi connectivity index (χ3v) is 3.31. The van der Waals surface area contributed by atoms with Gasteiger partial charge in [-0.25, -0.2) is 0 Å². The molecule has 0 saturated carbocycles. The topological polar surface area (TPSA) is 55.1 Å². The van der Waals surface area contributed by atoms with E-state index in [4.69, 9.17) is 28.9 Å². The van der Waals surface area contributed by atoms with Crippen molar-refractivity contribution in [2.45, 2.75) is 32.2 Å². The van der Waals surface area contributed by atoms with E-state index in [0.29, 0.717) is 16.6 Å². The number of benzene rings is 1. The molecule has 0 heterocycles. The average molecular weight is 289 g/mol. The van der Waals surface area contributed by atoms with E-state index in [-0.39, 0.29) is 11.8 Å². The van der Waals surface area contributed by atoms with Crippen LogP contribution >= 0.6 is 23.2 Å². The Hall–Kier alpha value is -0.770. The third-order valence-electron chi connectivity index (χ3n) is 2.65. The van der Waals surface area contributed by atoms with Crippen molar-refractivity contribution in [3.8, 4) is 0 Å². The molecular formula is C13H18Cl2N2O. The van der Waals surface area contributed by atoms with E-state index in [9.17, 15) is 4.79 Å². The van der Waals surface area contributed by atoms with Gasteiger partial charge in [0.15, 0.2) is 0 Å². The van der Waals surface area contributed by atoms with Gasteiger partial charge in [0.1, 0.15) is 0 Å². The van der Waals surface area contributed by atoms with Crippen LogP contribution in [0.15, 0.2) is 18.2 Å². The highest BCUT2D eigenvalue weighted by Gasteiger charge is 2.22. The van der Waals surface area contributed by atoms with Crippen LogP contribution in [0.4, 0.5) is 0 Å². The molecule has 0 aliphatic rings. The van der Waals surface area contributed by atoms with Crippen molar-refractivity contribution >= 4 is 29.1 Å². The smallest absolute Gasteiger partial charge is 0.239 e. The van der Waals surface area contributed by atoms with Crippen molar-refractivity contribution in [1.82, 2.24) is 5.32 Å². The molecule has 1 unspecified atom stereocenters. The summed E-state index contributed by atoms with van der Waals surface area (Å²) in [5.41, 5.74) is 5.66. The zero-order valence-electron chi connectivity index (χ0n) is 10.8. The summed E-state index contributed by atoms with van der Waals surface area (Å²) in [6, 6.07) is 5.37. The molecule has 0 spiro atoms. The standard InChI is InChI=1S/C13H18Cl2N2O/c1-8(7-17-12(18)13(2,3)16)11-9(14)5-4-6-10(11)15/h4-6,8H,7,16H2,1-3H3,(H,17,18). The Balaban J connectivity index is 2.72. The summed E-state index contributed by atoms with van der Waals surface area (Å²) >= 11 is 12.2. The van der Waals surface area contributed by atoms with Crippen LogP contribution in [-0.4, -0.2) is 18.0 Å². The van der Waals surface area contributed by atoms with Crippen LogP contribution in [-0.2, 0) is 4.79 Å². The summed E-state index contributed by atoms with van der Waals surface area (Å²) in [4.78, 5) is 11.7. The first-order valence-corrected chi connectivity index (χ1v) is 6.50. The predicted octanol–water partition coefficient (Wildman–Crippen LogP) is 2.95. The number of nitrogens with two attached hydrogens (primary N) is 1. The van der Waals surface area contributed by atoms with Gasteiger partial charge in [-0.05, 0) is 31.5 Å². The van der Waals surface area contributed by atoms with E-state index in [1.54, 1.807) is 32.0 Å². The Morgan fingerprint density at radius 3 is 2.33 bits per heavy atom. The van der Waals surface area contributed by atoms with E-state index in [1.807, 2.05) is 6.92 Å². The summed E-state index contributed by atoms with van der Waals surface area (Å²) < 4.78 is 0. The number of carbonyl (C=O) groups is 1. The third kappa shape index (κ3) is 3.87. The Bertz CT molecular complexity index is 421. The lowest BCUT2D eigenvalue weighted by Gasteiger charge is -2.21. The van der Waals surface area contributed by atoms with Crippen LogP contribution < -0.4 is 11.1 Å². The Morgan fingerprint density at radius 2 is 1.89 bits per heavy atom. The Labute approximate surface area is 118 Å². The molecule has 1 rings (SSSR count). The minimum Gasteiger partial charge on any atom is -0.354 e. The largest absolute Gasteiger partial charge is 0.354 e. The van der Waals surface area contributed by atoms with Gasteiger partial charge in [-0.15, -0.1) is 0 Å². The van der Waals surface area contributed by atoms with Crippen molar-refractivity contribution in [2.75, 3.05) is 6.54 Å². The molecule has 0 fully saturated rings. The summed E-state index contributed by atoms with van der Waals surface area (Å²) in [6.45, 7) is 5.73. The fraction of sp³-hybridized carbons (Fsp3) is 0.462. The van der Waals surface area contributed by atoms with Crippen molar-refractivity contribution in [1.29, 1.82) is 0 Å². The maximum Gasteiger partial charge on any atom is 0.239 e. The number of amides is 1. The van der Waals surface area contributed by atoms with Gasteiger partial charge in [0, 0.05) is 22.5 Å². The maximum absolute atomic E-state index is 11.7. The zero-order valence-corrected chi connectivity index (χ0v) is 12.3. The normalized spacial score (nSPS) is 13.2. The molecule has 3 nitrogen and oxygen atoms in total. The maximum atomic E-state index is 11.7. The Morgan fingerprint density at radius 1 is 1.39 bits per heavy atom. The highest BCUT2D eigenvalue weighted by Crippen LogP contribution is 2.30. The molecular weight excluding hydrogens is 271 g/mol. The van der Waals surface area contributed by atoms with Gasteiger partial charge in [0.05, 0.1) is 5.54 Å². The van der Waals surface area contributed by atoms with Crippen LogP contribution in [0.3, 0.4) is 0 Å². The lowest BCUT2D eigenvalue weighted by atomic mass is 10.00. The van der Waals surface area contributed by atoms with E-state index in [1.165, 1.54) is 0 Å². The molecule has 1 aromatic rings. The van der Waals surface area contributed by atoms with Crippen molar-refractivity contribution in [3.63, 3.8) is 0 Å². The van der Waals surface area contributed by atoms with E-state index in [0.717, 1.165) is 5.56 Å². The Kier molecular flexibility index (Phi) is 5.02. The fourth-order valence-corrected chi connectivity index (χ4v) is 2.33. The lowest BCUT2D eigenvalue weighted by Crippen LogP contribution is -2.49. The number of hydrogen-bond donors (Lipinski definition) is 2. The van der Waals surface area contributed by atoms with E-state index >= 15 is 0 Å². The second-order valence-corrected chi connectivity index (χ2v) is 5.78. The molecule has 18 heavy (non-hydrogen) atoms. The summed E-state index contributed by atoms with van der Waals surface area (Å²) in [6.07, 6.45) is 0. The van der Waals surface area contributed by atoms with Crippen molar-refractivity contribution in [2.24, 2.45) is 5.73 Å². The van der Waals surface area contributed by atoms with Gasteiger partial charge in [0.2, 0.25) is 5.91 Å². The predicted molar refractivity (Wildman–Crippen MR) is 76.2 cm³/mol. The summed E-state index contributed by atoms with van der Waals surface area (Å²) in [5.74, 6) is -0.171. The molecule has 1 aromatic carbocycles. The summed E-state index contributed by atoms with van der Waals surface area (Å²) in [5, 5.41) is 4.01. The van der Waals surface area contributed by atoms with Gasteiger partial charge in [-0.3, -0.25) is 4.79 Å². The fourth-order valence-electron chi connectivity index (χ4n) is 1.56. The van der Waals surface area contributed by atoms with Gasteiger partial charge >= 0.3 is 0 Å². The molecule has 0 aromatic heterocycles.